The number of hydrogen-bond acceptors (Lipinski definition) is 8. The van der Waals surface area contributed by atoms with E-state index >= 15 is 0 Å². The van der Waals surface area contributed by atoms with Gasteiger partial charge in [-0.3, -0.25) is 4.57 Å². The monoisotopic (exact) mass is 464 g/mol. The van der Waals surface area contributed by atoms with Crippen molar-refractivity contribution in [2.24, 2.45) is 0 Å². The van der Waals surface area contributed by atoms with Crippen LogP contribution in [0.3, 0.4) is 0 Å². The molecule has 13 heteroatoms. The second-order valence-corrected chi connectivity index (χ2v) is 8.04. The smallest absolute Gasteiger partial charge is 0.477 e. The van der Waals surface area contributed by atoms with Gasteiger partial charge in [0.15, 0.2) is 0 Å². The van der Waals surface area contributed by atoms with Crippen molar-refractivity contribution < 1.29 is 40.4 Å². The number of aromatic nitrogens is 2. The van der Waals surface area contributed by atoms with Crippen molar-refractivity contribution in [3.05, 3.63) is 40.3 Å². The van der Waals surface area contributed by atoms with Crippen LogP contribution in [0.15, 0.2) is 29.1 Å². The third kappa shape index (κ3) is 5.35. The minimum Gasteiger partial charge on any atom is -0.477 e. The molecule has 0 amide bonds. The Bertz CT molecular complexity index is 1100. The molecule has 0 aliphatic carbocycles. The molecule has 1 aromatic heterocycles. The Labute approximate surface area is 175 Å². The minimum atomic E-state index is -5.78. The van der Waals surface area contributed by atoms with E-state index in [1.54, 1.807) is 0 Å². The molecule has 170 valence electrons. The number of aliphatic hydroxyl groups excluding tert-OH is 1. The van der Waals surface area contributed by atoms with Crippen molar-refractivity contribution in [2.45, 2.75) is 24.9 Å². The van der Waals surface area contributed by atoms with Gasteiger partial charge in [-0.05, 0) is 30.2 Å². The summed E-state index contributed by atoms with van der Waals surface area (Å²) in [7, 11) is -5.78. The number of alkyl halides is 3. The van der Waals surface area contributed by atoms with E-state index in [-0.39, 0.29) is 38.7 Å². The zero-order valence-electron chi connectivity index (χ0n) is 16.1. The first-order chi connectivity index (χ1) is 14.6. The fraction of sp³-hybridized carbons (Fsp3) is 0.444. The zero-order chi connectivity index (χ0) is 22.6. The summed E-state index contributed by atoms with van der Waals surface area (Å²) in [6, 6.07) is 5.20. The second kappa shape index (κ2) is 9.24. The second-order valence-electron chi connectivity index (χ2n) is 6.50. The van der Waals surface area contributed by atoms with Crippen molar-refractivity contribution in [2.75, 3.05) is 26.4 Å². The highest BCUT2D eigenvalue weighted by molar-refractivity contribution is 7.88. The average molecular weight is 464 g/mol. The van der Waals surface area contributed by atoms with Crippen LogP contribution in [0.5, 0.6) is 11.6 Å². The molecule has 0 radical (unpaired) electrons. The van der Waals surface area contributed by atoms with Crippen LogP contribution in [0.2, 0.25) is 0 Å². The first-order valence-corrected chi connectivity index (χ1v) is 10.6. The molecular weight excluding hydrogens is 445 g/mol. The summed E-state index contributed by atoms with van der Waals surface area (Å²) in [6.45, 7) is 0.912. The molecule has 0 fully saturated rings. The minimum absolute atomic E-state index is 0.0752. The van der Waals surface area contributed by atoms with Gasteiger partial charge in [-0.1, -0.05) is 0 Å². The molecule has 1 N–H and O–H groups in total. The van der Waals surface area contributed by atoms with Crippen LogP contribution in [0.25, 0.3) is 11.3 Å². The Hall–Kier alpha value is -2.64. The highest BCUT2D eigenvalue weighted by Gasteiger charge is 2.48. The number of aliphatic hydroxyl groups is 1. The van der Waals surface area contributed by atoms with Gasteiger partial charge in [-0.25, -0.2) is 4.79 Å². The molecule has 0 saturated heterocycles. The molecular formula is C18H19F3N2O7S. The first-order valence-electron chi connectivity index (χ1n) is 9.20. The number of fused-ring (bicyclic) bond motifs is 3. The summed E-state index contributed by atoms with van der Waals surface area (Å²) in [6.07, 6.45) is 0.778. The van der Waals surface area contributed by atoms with Gasteiger partial charge in [-0.15, -0.1) is 0 Å². The fourth-order valence-electron chi connectivity index (χ4n) is 2.99. The van der Waals surface area contributed by atoms with E-state index < -0.39 is 27.1 Å². The number of ether oxygens (including phenoxy) is 2. The molecule has 2 aromatic rings. The summed E-state index contributed by atoms with van der Waals surface area (Å²) in [5, 5.41) is 8.64. The third-order valence-electron chi connectivity index (χ3n) is 4.35. The lowest BCUT2D eigenvalue weighted by atomic mass is 9.97. The van der Waals surface area contributed by atoms with Gasteiger partial charge >= 0.3 is 21.3 Å². The van der Waals surface area contributed by atoms with Gasteiger partial charge in [0, 0.05) is 31.2 Å². The predicted octanol–water partition coefficient (Wildman–Crippen LogP) is 1.47. The molecule has 3 rings (SSSR count). The number of nitrogens with zero attached hydrogens (tertiary/aromatic N) is 2. The first kappa shape index (κ1) is 23.0. The van der Waals surface area contributed by atoms with Gasteiger partial charge in [0.25, 0.3) is 0 Å². The summed E-state index contributed by atoms with van der Waals surface area (Å²) in [5.74, 6) is -0.397. The van der Waals surface area contributed by atoms with Crippen molar-refractivity contribution in [3.63, 3.8) is 0 Å². The van der Waals surface area contributed by atoms with Gasteiger partial charge in [-0.2, -0.15) is 26.6 Å². The van der Waals surface area contributed by atoms with Crippen LogP contribution in [0.1, 0.15) is 12.0 Å². The average Bonchev–Trinajstić information content (AvgIpc) is 2.69. The maximum Gasteiger partial charge on any atom is 0.534 e. The molecule has 1 aliphatic rings. The summed E-state index contributed by atoms with van der Waals surface area (Å²) in [4.78, 5) is 16.2. The van der Waals surface area contributed by atoms with E-state index in [4.69, 9.17) is 14.6 Å². The quantitative estimate of drug-likeness (QED) is 0.337. The van der Waals surface area contributed by atoms with Gasteiger partial charge < -0.3 is 18.8 Å². The van der Waals surface area contributed by atoms with Crippen molar-refractivity contribution >= 4 is 10.1 Å². The highest BCUT2D eigenvalue weighted by atomic mass is 32.2. The Morgan fingerprint density at radius 2 is 1.94 bits per heavy atom. The van der Waals surface area contributed by atoms with Gasteiger partial charge in [0.1, 0.15) is 5.75 Å². The topological polar surface area (TPSA) is 117 Å². The Morgan fingerprint density at radius 1 is 1.16 bits per heavy atom. The number of hydrogen-bond donors (Lipinski definition) is 1. The van der Waals surface area contributed by atoms with Crippen molar-refractivity contribution in [1.29, 1.82) is 0 Å². The number of rotatable bonds is 9. The van der Waals surface area contributed by atoms with E-state index in [1.165, 1.54) is 22.8 Å². The SMILES string of the molecule is O=c1nc(OCCCOCCO)cc2n1CCc1cc(OS(=O)(=O)C(F)(F)F)ccc1-2. The molecule has 0 atom stereocenters. The van der Waals surface area contributed by atoms with E-state index in [2.05, 4.69) is 9.17 Å². The van der Waals surface area contributed by atoms with E-state index in [0.29, 0.717) is 29.8 Å². The molecule has 31 heavy (non-hydrogen) atoms. The third-order valence-corrected chi connectivity index (χ3v) is 5.33. The van der Waals surface area contributed by atoms with E-state index in [9.17, 15) is 26.4 Å². The lowest BCUT2D eigenvalue weighted by Gasteiger charge is -2.22. The molecule has 0 spiro atoms. The Morgan fingerprint density at radius 3 is 2.65 bits per heavy atom. The summed E-state index contributed by atoms with van der Waals surface area (Å²) < 4.78 is 76.2. The molecule has 9 nitrogen and oxygen atoms in total. The molecule has 0 saturated carbocycles. The van der Waals surface area contributed by atoms with Crippen LogP contribution in [0.4, 0.5) is 13.2 Å². The standard InChI is InChI=1S/C18H19F3N2O7S/c19-18(20,21)31(26,27)30-13-2-3-14-12(10-13)4-5-23-15(14)11-16(22-17(23)25)29-8-1-7-28-9-6-24/h2-3,10-11,24H,1,4-9H2. The van der Waals surface area contributed by atoms with Crippen LogP contribution >= 0.6 is 0 Å². The van der Waals surface area contributed by atoms with Crippen molar-refractivity contribution in [1.82, 2.24) is 9.55 Å². The summed E-state index contributed by atoms with van der Waals surface area (Å²) >= 11 is 0. The van der Waals surface area contributed by atoms with Crippen LogP contribution in [0, 0.1) is 0 Å². The Kier molecular flexibility index (Phi) is 6.86. The van der Waals surface area contributed by atoms with Crippen molar-refractivity contribution in [3.8, 4) is 22.9 Å². The van der Waals surface area contributed by atoms with E-state index in [1.807, 2.05) is 0 Å². The number of halogens is 3. The largest absolute Gasteiger partial charge is 0.534 e. The maximum absolute atomic E-state index is 12.5. The predicted molar refractivity (Wildman–Crippen MR) is 101 cm³/mol. The zero-order valence-corrected chi connectivity index (χ0v) is 16.9. The molecule has 2 heterocycles. The van der Waals surface area contributed by atoms with Crippen LogP contribution in [-0.4, -0.2) is 55.0 Å². The van der Waals surface area contributed by atoms with Gasteiger partial charge in [0.2, 0.25) is 5.88 Å². The molecule has 1 aromatic carbocycles. The summed E-state index contributed by atoms with van der Waals surface area (Å²) in [5.41, 5.74) is -4.60. The fourth-order valence-corrected chi connectivity index (χ4v) is 3.44. The van der Waals surface area contributed by atoms with Crippen LogP contribution < -0.4 is 14.6 Å². The molecule has 0 unspecified atom stereocenters. The normalized spacial score (nSPS) is 13.4. The molecule has 0 bridgehead atoms. The lowest BCUT2D eigenvalue weighted by Crippen LogP contribution is -2.29. The van der Waals surface area contributed by atoms with E-state index in [0.717, 1.165) is 6.07 Å². The maximum atomic E-state index is 12.5. The lowest BCUT2D eigenvalue weighted by molar-refractivity contribution is -0.0500. The van der Waals surface area contributed by atoms with Crippen LogP contribution in [-0.2, 0) is 27.8 Å². The Balaban J connectivity index is 1.80. The molecule has 1 aliphatic heterocycles. The van der Waals surface area contributed by atoms with Gasteiger partial charge in [0.05, 0.1) is 25.5 Å². The highest BCUT2D eigenvalue weighted by Crippen LogP contribution is 2.34. The number of aryl methyl sites for hydroxylation is 1. The number of benzene rings is 1.